The molecule has 0 unspecified atom stereocenters. The molecular weight excluding hydrogens is 648 g/mol. The molecule has 0 radical (unpaired) electrons. The zero-order valence-corrected chi connectivity index (χ0v) is 28.4. The number of hydrogen-bond donors (Lipinski definition) is 1. The normalized spacial score (nSPS) is 13.1. The van der Waals surface area contributed by atoms with Crippen LogP contribution in [0.5, 0.6) is 0 Å². The number of halogens is 1. The number of nitrogens with one attached hydrogen (secondary N) is 1. The molecule has 0 atom stereocenters. The molecule has 1 aliphatic rings. The summed E-state index contributed by atoms with van der Waals surface area (Å²) in [6.07, 6.45) is 0. The van der Waals surface area contributed by atoms with Crippen molar-refractivity contribution >= 4 is 54.8 Å². The fourth-order valence-corrected chi connectivity index (χ4v) is 7.93. The molecule has 9 rings (SSSR count). The van der Waals surface area contributed by atoms with E-state index < -0.39 is 0 Å². The van der Waals surface area contributed by atoms with Crippen molar-refractivity contribution < 1.29 is 0 Å². The molecule has 1 N–H and O–H groups in total. The first-order chi connectivity index (χ1) is 23.4. The first-order valence-electron chi connectivity index (χ1n) is 16.5. The Morgan fingerprint density at radius 2 is 1.00 bits per heavy atom. The lowest BCUT2D eigenvalue weighted by Gasteiger charge is -2.28. The summed E-state index contributed by atoms with van der Waals surface area (Å²) in [6.45, 7) is 4.69. The van der Waals surface area contributed by atoms with E-state index >= 15 is 0 Å². The fraction of sp³-hybridized carbons (Fsp3) is 0.0667. The number of aromatic amines is 1. The number of hydrogen-bond acceptors (Lipinski definition) is 1. The van der Waals surface area contributed by atoms with E-state index in [0.717, 1.165) is 32.6 Å². The Labute approximate surface area is 289 Å². The molecule has 7 aromatic carbocycles. The maximum atomic E-state index is 3.65. The van der Waals surface area contributed by atoms with Crippen molar-refractivity contribution in [3.8, 4) is 33.4 Å². The number of aromatic nitrogens is 1. The summed E-state index contributed by atoms with van der Waals surface area (Å²) in [6, 6.07) is 57.5. The second-order valence-corrected chi connectivity index (χ2v) is 14.2. The van der Waals surface area contributed by atoms with Gasteiger partial charge in [0.25, 0.3) is 0 Å². The molecule has 230 valence electrons. The smallest absolute Gasteiger partial charge is 0.0465 e. The van der Waals surface area contributed by atoms with Gasteiger partial charge in [0.1, 0.15) is 0 Å². The minimum Gasteiger partial charge on any atom is -0.355 e. The zero-order chi connectivity index (χ0) is 32.4. The van der Waals surface area contributed by atoms with Crippen LogP contribution >= 0.6 is 15.9 Å². The van der Waals surface area contributed by atoms with Crippen molar-refractivity contribution in [2.45, 2.75) is 19.3 Å². The number of rotatable bonds is 5. The Hall–Kier alpha value is -5.38. The number of H-pyrrole nitrogens is 1. The van der Waals surface area contributed by atoms with Gasteiger partial charge >= 0.3 is 0 Å². The summed E-state index contributed by atoms with van der Waals surface area (Å²) in [7, 11) is 0. The quantitative estimate of drug-likeness (QED) is 0.192. The highest BCUT2D eigenvalue weighted by molar-refractivity contribution is 9.10. The Balaban J connectivity index is 1.14. The largest absolute Gasteiger partial charge is 0.355 e. The Kier molecular flexibility index (Phi) is 6.67. The first-order valence-corrected chi connectivity index (χ1v) is 17.2. The molecule has 1 heterocycles. The van der Waals surface area contributed by atoms with Crippen LogP contribution in [-0.2, 0) is 5.41 Å². The van der Waals surface area contributed by atoms with Gasteiger partial charge in [-0.1, -0.05) is 121 Å². The molecule has 2 nitrogen and oxygen atoms in total. The van der Waals surface area contributed by atoms with Gasteiger partial charge in [-0.15, -0.1) is 0 Å². The molecule has 0 amide bonds. The van der Waals surface area contributed by atoms with Gasteiger partial charge < -0.3 is 9.88 Å². The predicted molar refractivity (Wildman–Crippen MR) is 207 cm³/mol. The summed E-state index contributed by atoms with van der Waals surface area (Å²) >= 11 is 3.65. The third-order valence-corrected chi connectivity index (χ3v) is 10.6. The van der Waals surface area contributed by atoms with Crippen LogP contribution in [-0.4, -0.2) is 4.98 Å². The van der Waals surface area contributed by atoms with Crippen LogP contribution in [0.3, 0.4) is 0 Å². The molecular formula is C45H33BrN2. The molecule has 0 spiro atoms. The molecule has 0 aliphatic heterocycles. The van der Waals surface area contributed by atoms with Crippen LogP contribution in [0.15, 0.2) is 162 Å². The van der Waals surface area contributed by atoms with E-state index in [1.54, 1.807) is 0 Å². The SMILES string of the molecule is CC1(C)c2ccccc2-c2ccc(N(c3ccc(-c4ccccc4)cc3)c3ccc(-c4ccc5[nH]c6ccc(Br)cc6c5c4)cc3)cc21. The van der Waals surface area contributed by atoms with Crippen molar-refractivity contribution in [2.75, 3.05) is 4.90 Å². The van der Waals surface area contributed by atoms with E-state index in [9.17, 15) is 0 Å². The van der Waals surface area contributed by atoms with Crippen molar-refractivity contribution in [3.63, 3.8) is 0 Å². The Bertz CT molecular complexity index is 2470. The van der Waals surface area contributed by atoms with Gasteiger partial charge in [-0.05, 0) is 111 Å². The molecule has 8 aromatic rings. The second-order valence-electron chi connectivity index (χ2n) is 13.3. The highest BCUT2D eigenvalue weighted by Gasteiger charge is 2.35. The predicted octanol–water partition coefficient (Wildman–Crippen LogP) is 13.2. The number of anilines is 3. The average Bonchev–Trinajstić information content (AvgIpc) is 3.60. The second kappa shape index (κ2) is 11.1. The van der Waals surface area contributed by atoms with Crippen LogP contribution in [0.4, 0.5) is 17.1 Å². The molecule has 48 heavy (non-hydrogen) atoms. The van der Waals surface area contributed by atoms with E-state index in [2.05, 4.69) is 197 Å². The standard InChI is InChI=1S/C45H33BrN2/c1-45(2)41-11-7-6-10-37(41)38-23-22-36(28-42(38)45)48(34-18-12-30(13-19-34)29-8-4-3-5-9-29)35-20-14-31(15-21-35)32-16-24-43-39(26-32)40-27-33(46)17-25-44(40)47-43/h3-28,47H,1-2H3. The van der Waals surface area contributed by atoms with Crippen LogP contribution < -0.4 is 4.90 Å². The van der Waals surface area contributed by atoms with Gasteiger partial charge in [0.05, 0.1) is 0 Å². The highest BCUT2D eigenvalue weighted by Crippen LogP contribution is 2.50. The molecule has 0 fully saturated rings. The minimum absolute atomic E-state index is 0.0781. The van der Waals surface area contributed by atoms with E-state index in [-0.39, 0.29) is 5.41 Å². The van der Waals surface area contributed by atoms with Crippen LogP contribution in [0, 0.1) is 0 Å². The number of fused-ring (bicyclic) bond motifs is 6. The van der Waals surface area contributed by atoms with Crippen molar-refractivity contribution in [2.24, 2.45) is 0 Å². The molecule has 1 aliphatic carbocycles. The maximum absolute atomic E-state index is 3.65. The average molecular weight is 682 g/mol. The van der Waals surface area contributed by atoms with Gasteiger partial charge in [-0.3, -0.25) is 0 Å². The van der Waals surface area contributed by atoms with E-state index in [1.807, 2.05) is 0 Å². The summed E-state index contributed by atoms with van der Waals surface area (Å²) < 4.78 is 1.08. The lowest BCUT2D eigenvalue weighted by Crippen LogP contribution is -2.16. The fourth-order valence-electron chi connectivity index (χ4n) is 7.56. The molecule has 0 bridgehead atoms. The lowest BCUT2D eigenvalue weighted by molar-refractivity contribution is 0.660. The van der Waals surface area contributed by atoms with Gasteiger partial charge in [-0.2, -0.15) is 0 Å². The summed E-state index contributed by atoms with van der Waals surface area (Å²) in [5.74, 6) is 0. The molecule has 0 saturated carbocycles. The van der Waals surface area contributed by atoms with Gasteiger partial charge in [0, 0.05) is 48.8 Å². The highest BCUT2D eigenvalue weighted by atomic mass is 79.9. The topological polar surface area (TPSA) is 19.0 Å². The van der Waals surface area contributed by atoms with Crippen molar-refractivity contribution in [1.82, 2.24) is 4.98 Å². The Morgan fingerprint density at radius 3 is 1.73 bits per heavy atom. The molecule has 3 heteroatoms. The van der Waals surface area contributed by atoms with Crippen LogP contribution in [0.1, 0.15) is 25.0 Å². The summed E-state index contributed by atoms with van der Waals surface area (Å²) in [4.78, 5) is 5.95. The van der Waals surface area contributed by atoms with E-state index in [4.69, 9.17) is 0 Å². The Morgan fingerprint density at radius 1 is 0.458 bits per heavy atom. The first kappa shape index (κ1) is 28.8. The van der Waals surface area contributed by atoms with E-state index in [0.29, 0.717) is 0 Å². The van der Waals surface area contributed by atoms with Crippen LogP contribution in [0.25, 0.3) is 55.2 Å². The summed E-state index contributed by atoms with van der Waals surface area (Å²) in [5.41, 5.74) is 15.9. The van der Waals surface area contributed by atoms with Crippen molar-refractivity contribution in [1.29, 1.82) is 0 Å². The van der Waals surface area contributed by atoms with Crippen LogP contribution in [0.2, 0.25) is 0 Å². The monoisotopic (exact) mass is 680 g/mol. The lowest BCUT2D eigenvalue weighted by atomic mass is 9.82. The maximum Gasteiger partial charge on any atom is 0.0465 e. The zero-order valence-electron chi connectivity index (χ0n) is 26.8. The summed E-state index contributed by atoms with van der Waals surface area (Å²) in [5, 5.41) is 2.46. The van der Waals surface area contributed by atoms with E-state index in [1.165, 1.54) is 55.3 Å². The van der Waals surface area contributed by atoms with Gasteiger partial charge in [-0.25, -0.2) is 0 Å². The number of benzene rings is 7. The van der Waals surface area contributed by atoms with Gasteiger partial charge in [0.15, 0.2) is 0 Å². The minimum atomic E-state index is -0.0781. The molecule has 1 aromatic heterocycles. The number of nitrogens with zero attached hydrogens (tertiary/aromatic N) is 1. The third kappa shape index (κ3) is 4.69. The third-order valence-electron chi connectivity index (χ3n) is 10.1. The molecule has 0 saturated heterocycles. The van der Waals surface area contributed by atoms with Gasteiger partial charge in [0.2, 0.25) is 0 Å². The van der Waals surface area contributed by atoms with Crippen molar-refractivity contribution in [3.05, 3.63) is 173 Å².